The molecule has 9 nitrogen and oxygen atoms in total. The van der Waals surface area contributed by atoms with Gasteiger partial charge < -0.3 is 24.1 Å². The van der Waals surface area contributed by atoms with Crippen molar-refractivity contribution in [3.05, 3.63) is 77.9 Å². The van der Waals surface area contributed by atoms with Gasteiger partial charge in [-0.2, -0.15) is 4.98 Å². The van der Waals surface area contributed by atoms with E-state index in [2.05, 4.69) is 20.4 Å². The molecule has 0 saturated heterocycles. The van der Waals surface area contributed by atoms with Crippen LogP contribution in [0.15, 0.2) is 65.4 Å². The lowest BCUT2D eigenvalue weighted by Gasteiger charge is -2.15. The fraction of sp³-hybridized carbons (Fsp3) is 0.167. The van der Waals surface area contributed by atoms with Crippen LogP contribution in [0.5, 0.6) is 17.2 Å². The highest BCUT2D eigenvalue weighted by Crippen LogP contribution is 2.38. The number of hydrogen-bond donors (Lipinski definition) is 1. The van der Waals surface area contributed by atoms with Gasteiger partial charge in [0.05, 0.1) is 27.8 Å². The lowest BCUT2D eigenvalue weighted by atomic mass is 10.1. The lowest BCUT2D eigenvalue weighted by molar-refractivity contribution is 0.102. The predicted octanol–water partition coefficient (Wildman–Crippen LogP) is 4.00. The first kappa shape index (κ1) is 21.8. The summed E-state index contributed by atoms with van der Waals surface area (Å²) < 4.78 is 21.4. The molecular formula is C24H22N4O5. The van der Waals surface area contributed by atoms with Crippen molar-refractivity contribution in [2.24, 2.45) is 0 Å². The van der Waals surface area contributed by atoms with Gasteiger partial charge >= 0.3 is 0 Å². The van der Waals surface area contributed by atoms with Crippen LogP contribution in [0, 0.1) is 0 Å². The summed E-state index contributed by atoms with van der Waals surface area (Å²) in [6.45, 7) is 0. The molecule has 0 fully saturated rings. The van der Waals surface area contributed by atoms with Gasteiger partial charge in [-0.25, -0.2) is 0 Å². The molecule has 1 amide bonds. The van der Waals surface area contributed by atoms with Crippen LogP contribution in [0.1, 0.15) is 21.8 Å². The quantitative estimate of drug-likeness (QED) is 0.433. The summed E-state index contributed by atoms with van der Waals surface area (Å²) in [6, 6.07) is 14.2. The summed E-state index contributed by atoms with van der Waals surface area (Å²) >= 11 is 0. The van der Waals surface area contributed by atoms with Gasteiger partial charge in [-0.1, -0.05) is 23.4 Å². The van der Waals surface area contributed by atoms with Gasteiger partial charge in [0.25, 0.3) is 5.91 Å². The summed E-state index contributed by atoms with van der Waals surface area (Å²) in [5, 5.41) is 6.97. The highest BCUT2D eigenvalue weighted by molar-refractivity contribution is 6.05. The highest BCUT2D eigenvalue weighted by Gasteiger charge is 2.18. The molecule has 4 rings (SSSR count). The minimum absolute atomic E-state index is 0.329. The summed E-state index contributed by atoms with van der Waals surface area (Å²) in [4.78, 5) is 21.5. The Balaban J connectivity index is 1.56. The molecule has 1 N–H and O–H groups in total. The number of amides is 1. The zero-order valence-electron chi connectivity index (χ0n) is 18.4. The molecule has 33 heavy (non-hydrogen) atoms. The number of ether oxygens (including phenoxy) is 3. The van der Waals surface area contributed by atoms with Gasteiger partial charge in [0.2, 0.25) is 17.5 Å². The van der Waals surface area contributed by atoms with E-state index in [1.165, 1.54) is 21.3 Å². The van der Waals surface area contributed by atoms with E-state index >= 15 is 0 Å². The lowest BCUT2D eigenvalue weighted by Crippen LogP contribution is -2.14. The van der Waals surface area contributed by atoms with E-state index in [1.807, 2.05) is 24.3 Å². The van der Waals surface area contributed by atoms with Crippen molar-refractivity contribution < 1.29 is 23.5 Å². The van der Waals surface area contributed by atoms with Crippen LogP contribution in [0.3, 0.4) is 0 Å². The Morgan fingerprint density at radius 1 is 0.970 bits per heavy atom. The number of carbonyl (C=O) groups is 1. The second-order valence-corrected chi connectivity index (χ2v) is 6.95. The average molecular weight is 446 g/mol. The molecule has 0 aliphatic rings. The maximum atomic E-state index is 13.0. The zero-order chi connectivity index (χ0) is 23.2. The fourth-order valence-corrected chi connectivity index (χ4v) is 3.31. The minimum Gasteiger partial charge on any atom is -0.493 e. The largest absolute Gasteiger partial charge is 0.493 e. The molecule has 0 aliphatic carbocycles. The Kier molecular flexibility index (Phi) is 6.49. The number of methoxy groups -OCH3 is 3. The number of para-hydroxylation sites is 1. The Labute approximate surface area is 190 Å². The number of nitrogens with one attached hydrogen (secondary N) is 1. The number of rotatable bonds is 8. The Bertz CT molecular complexity index is 1230. The normalized spacial score (nSPS) is 10.5. The van der Waals surface area contributed by atoms with Crippen molar-refractivity contribution in [2.75, 3.05) is 26.6 Å². The third-order valence-electron chi connectivity index (χ3n) is 4.94. The van der Waals surface area contributed by atoms with Crippen LogP contribution < -0.4 is 19.5 Å². The van der Waals surface area contributed by atoms with E-state index in [0.717, 1.165) is 11.1 Å². The van der Waals surface area contributed by atoms with E-state index in [-0.39, 0.29) is 5.91 Å². The second-order valence-electron chi connectivity index (χ2n) is 6.95. The molecule has 9 heteroatoms. The molecule has 4 aromatic rings. The molecule has 2 aromatic heterocycles. The van der Waals surface area contributed by atoms with Crippen LogP contribution in [0.4, 0.5) is 5.69 Å². The number of benzene rings is 2. The standard InChI is InChI=1S/C24H22N4O5/c1-30-19-12-17(13-20(31-2)22(19)32-3)24(29)26-18-7-5-4-6-16(18)14-21-27-23(28-33-21)15-8-10-25-11-9-15/h4-13H,14H2,1-3H3,(H,26,29). The Morgan fingerprint density at radius 2 is 1.67 bits per heavy atom. The summed E-state index contributed by atoms with van der Waals surface area (Å²) in [5.41, 5.74) is 2.61. The third-order valence-corrected chi connectivity index (χ3v) is 4.94. The molecule has 0 bridgehead atoms. The first-order valence-electron chi connectivity index (χ1n) is 10.0. The molecule has 2 aromatic carbocycles. The number of aromatic nitrogens is 3. The van der Waals surface area contributed by atoms with Crippen LogP contribution in [0.25, 0.3) is 11.4 Å². The van der Waals surface area contributed by atoms with Crippen molar-refractivity contribution >= 4 is 11.6 Å². The van der Waals surface area contributed by atoms with E-state index in [4.69, 9.17) is 18.7 Å². The van der Waals surface area contributed by atoms with Crippen LogP contribution in [-0.2, 0) is 6.42 Å². The average Bonchev–Trinajstić information content (AvgIpc) is 3.33. The Morgan fingerprint density at radius 3 is 2.33 bits per heavy atom. The number of nitrogens with zero attached hydrogens (tertiary/aromatic N) is 3. The van der Waals surface area contributed by atoms with Gasteiger partial charge in [0, 0.05) is 29.2 Å². The first-order chi connectivity index (χ1) is 16.1. The van der Waals surface area contributed by atoms with Gasteiger partial charge in [-0.3, -0.25) is 9.78 Å². The van der Waals surface area contributed by atoms with Crippen molar-refractivity contribution in [2.45, 2.75) is 6.42 Å². The van der Waals surface area contributed by atoms with Gasteiger partial charge in [-0.15, -0.1) is 0 Å². The topological polar surface area (TPSA) is 109 Å². The monoisotopic (exact) mass is 446 g/mol. The van der Waals surface area contributed by atoms with Crippen molar-refractivity contribution in [3.8, 4) is 28.6 Å². The maximum absolute atomic E-state index is 13.0. The maximum Gasteiger partial charge on any atom is 0.255 e. The highest BCUT2D eigenvalue weighted by atomic mass is 16.5. The van der Waals surface area contributed by atoms with E-state index < -0.39 is 0 Å². The summed E-state index contributed by atoms with van der Waals surface area (Å²) in [7, 11) is 4.51. The molecule has 0 atom stereocenters. The molecule has 0 saturated carbocycles. The van der Waals surface area contributed by atoms with E-state index in [9.17, 15) is 4.79 Å². The number of hydrogen-bond acceptors (Lipinski definition) is 8. The van der Waals surface area contributed by atoms with Gasteiger partial charge in [-0.05, 0) is 35.9 Å². The summed E-state index contributed by atoms with van der Waals surface area (Å²) in [6.07, 6.45) is 3.68. The number of carbonyl (C=O) groups excluding carboxylic acids is 1. The third kappa shape index (κ3) is 4.77. The zero-order valence-corrected chi connectivity index (χ0v) is 18.4. The van der Waals surface area contributed by atoms with Crippen LogP contribution in [-0.4, -0.2) is 42.4 Å². The molecule has 2 heterocycles. The summed E-state index contributed by atoms with van der Waals surface area (Å²) in [5.74, 6) is 1.78. The van der Waals surface area contributed by atoms with Crippen molar-refractivity contribution in [1.29, 1.82) is 0 Å². The van der Waals surface area contributed by atoms with Crippen LogP contribution in [0.2, 0.25) is 0 Å². The molecular weight excluding hydrogens is 424 g/mol. The number of pyridine rings is 1. The van der Waals surface area contributed by atoms with E-state index in [0.29, 0.717) is 46.6 Å². The van der Waals surface area contributed by atoms with Crippen molar-refractivity contribution in [3.63, 3.8) is 0 Å². The van der Waals surface area contributed by atoms with Gasteiger partial charge in [0.15, 0.2) is 11.5 Å². The molecule has 0 unspecified atom stereocenters. The molecule has 0 spiro atoms. The van der Waals surface area contributed by atoms with Crippen LogP contribution >= 0.6 is 0 Å². The Hall–Kier alpha value is -4.40. The SMILES string of the molecule is COc1cc(C(=O)Nc2ccccc2Cc2nc(-c3ccncc3)no2)cc(OC)c1OC. The fourth-order valence-electron chi connectivity index (χ4n) is 3.31. The number of anilines is 1. The van der Waals surface area contributed by atoms with E-state index in [1.54, 1.807) is 36.7 Å². The second kappa shape index (κ2) is 9.82. The smallest absolute Gasteiger partial charge is 0.255 e. The molecule has 0 aliphatic heterocycles. The van der Waals surface area contributed by atoms with Gasteiger partial charge in [0.1, 0.15) is 0 Å². The molecule has 0 radical (unpaired) electrons. The van der Waals surface area contributed by atoms with Crippen molar-refractivity contribution in [1.82, 2.24) is 15.1 Å². The molecule has 168 valence electrons. The predicted molar refractivity (Wildman–Crippen MR) is 121 cm³/mol. The minimum atomic E-state index is -0.329. The first-order valence-corrected chi connectivity index (χ1v) is 10.0.